The molecule has 0 aliphatic heterocycles. The second-order valence-electron chi connectivity index (χ2n) is 5.72. The lowest BCUT2D eigenvalue weighted by Gasteiger charge is -2.12. The molecule has 0 aromatic heterocycles. The van der Waals surface area contributed by atoms with Gasteiger partial charge in [-0.1, -0.05) is 65.5 Å². The van der Waals surface area contributed by atoms with E-state index in [-0.39, 0.29) is 0 Å². The topological polar surface area (TPSA) is 0 Å². The molecule has 16 heavy (non-hydrogen) atoms. The van der Waals surface area contributed by atoms with Gasteiger partial charge < -0.3 is 0 Å². The van der Waals surface area contributed by atoms with Crippen LogP contribution in [0.3, 0.4) is 0 Å². The zero-order valence-electron chi connectivity index (χ0n) is 12.2. The molecule has 96 valence electrons. The Kier molecular flexibility index (Phi) is 9.77. The highest BCUT2D eigenvalue weighted by atomic mass is 14.1. The fraction of sp³-hybridized carbons (Fsp3) is 0.875. The zero-order chi connectivity index (χ0) is 12.4. The van der Waals surface area contributed by atoms with Crippen LogP contribution in [-0.2, 0) is 0 Å². The van der Waals surface area contributed by atoms with Crippen molar-refractivity contribution in [2.75, 3.05) is 0 Å². The van der Waals surface area contributed by atoms with E-state index in [9.17, 15) is 0 Å². The Bertz CT molecular complexity index is 174. The lowest BCUT2D eigenvalue weighted by Crippen LogP contribution is -1.95. The Morgan fingerprint density at radius 2 is 1.69 bits per heavy atom. The fourth-order valence-electron chi connectivity index (χ4n) is 1.98. The molecule has 0 atom stereocenters. The molecule has 0 heteroatoms. The Labute approximate surface area is 104 Å². The van der Waals surface area contributed by atoms with Gasteiger partial charge in [0.1, 0.15) is 0 Å². The van der Waals surface area contributed by atoms with Crippen molar-refractivity contribution < 1.29 is 0 Å². The summed E-state index contributed by atoms with van der Waals surface area (Å²) in [6, 6.07) is 0. The Hall–Kier alpha value is -0.260. The van der Waals surface area contributed by atoms with Crippen LogP contribution in [0.25, 0.3) is 0 Å². The second-order valence-corrected chi connectivity index (χ2v) is 5.72. The number of hydrogen-bond donors (Lipinski definition) is 0. The molecule has 0 saturated heterocycles. The van der Waals surface area contributed by atoms with E-state index in [2.05, 4.69) is 40.7 Å². The lowest BCUT2D eigenvalue weighted by molar-refractivity contribution is 0.582. The van der Waals surface area contributed by atoms with Crippen LogP contribution in [0.4, 0.5) is 0 Å². The summed E-state index contributed by atoms with van der Waals surface area (Å²) in [6.07, 6.45) is 12.0. The first-order valence-electron chi connectivity index (χ1n) is 7.26. The number of allylic oxidation sites excluding steroid dienone is 2. The van der Waals surface area contributed by atoms with Gasteiger partial charge in [-0.05, 0) is 37.5 Å². The summed E-state index contributed by atoms with van der Waals surface area (Å²) in [5, 5.41) is 0. The van der Waals surface area contributed by atoms with Crippen molar-refractivity contribution in [1.29, 1.82) is 0 Å². The van der Waals surface area contributed by atoms with E-state index in [4.69, 9.17) is 0 Å². The molecule has 0 aromatic rings. The van der Waals surface area contributed by atoms with Gasteiger partial charge >= 0.3 is 0 Å². The monoisotopic (exact) mass is 224 g/mol. The minimum Gasteiger partial charge on any atom is -0.0851 e. The predicted octanol–water partition coefficient (Wildman–Crippen LogP) is 5.98. The van der Waals surface area contributed by atoms with Gasteiger partial charge in [-0.2, -0.15) is 0 Å². The third kappa shape index (κ3) is 9.00. The Balaban J connectivity index is 3.87. The van der Waals surface area contributed by atoms with Crippen molar-refractivity contribution >= 4 is 0 Å². The summed E-state index contributed by atoms with van der Waals surface area (Å²) in [7, 11) is 0. The molecule has 0 saturated carbocycles. The maximum Gasteiger partial charge on any atom is -0.0260 e. The Morgan fingerprint density at radius 1 is 1.00 bits per heavy atom. The van der Waals surface area contributed by atoms with Gasteiger partial charge in [-0.25, -0.2) is 0 Å². The van der Waals surface area contributed by atoms with E-state index in [1.807, 2.05) is 0 Å². The molecule has 0 N–H and O–H groups in total. The quantitative estimate of drug-likeness (QED) is 0.334. The van der Waals surface area contributed by atoms with Gasteiger partial charge in [0, 0.05) is 0 Å². The molecule has 0 heterocycles. The van der Waals surface area contributed by atoms with Crippen molar-refractivity contribution in [3.8, 4) is 0 Å². The van der Waals surface area contributed by atoms with Gasteiger partial charge in [0.25, 0.3) is 0 Å². The van der Waals surface area contributed by atoms with Crippen LogP contribution >= 0.6 is 0 Å². The van der Waals surface area contributed by atoms with Crippen molar-refractivity contribution in [3.63, 3.8) is 0 Å². The summed E-state index contributed by atoms with van der Waals surface area (Å²) in [5.74, 6) is 1.58. The summed E-state index contributed by atoms with van der Waals surface area (Å²) in [4.78, 5) is 0. The average Bonchev–Trinajstić information content (AvgIpc) is 2.20. The molecule has 0 rings (SSSR count). The van der Waals surface area contributed by atoms with Crippen molar-refractivity contribution in [2.24, 2.45) is 11.8 Å². The molecule has 0 nitrogen and oxygen atoms in total. The molecule has 0 aliphatic rings. The number of hydrogen-bond acceptors (Lipinski definition) is 0. The van der Waals surface area contributed by atoms with Crippen molar-refractivity contribution in [3.05, 3.63) is 11.6 Å². The maximum atomic E-state index is 2.51. The average molecular weight is 224 g/mol. The Morgan fingerprint density at radius 3 is 2.19 bits per heavy atom. The number of rotatable bonds is 9. The third-order valence-corrected chi connectivity index (χ3v) is 3.21. The summed E-state index contributed by atoms with van der Waals surface area (Å²) in [6.45, 7) is 11.6. The maximum absolute atomic E-state index is 2.51. The molecule has 0 aromatic carbocycles. The minimum atomic E-state index is 0.744. The smallest absolute Gasteiger partial charge is 0.0260 e. The summed E-state index contributed by atoms with van der Waals surface area (Å²) in [5.41, 5.74) is 1.69. The summed E-state index contributed by atoms with van der Waals surface area (Å²) >= 11 is 0. The van der Waals surface area contributed by atoms with E-state index < -0.39 is 0 Å². The molecular weight excluding hydrogens is 192 g/mol. The molecule has 0 fully saturated rings. The number of unbranched alkanes of at least 4 members (excludes halogenated alkanes) is 3. The SMILES string of the molecule is CCCCCCC(=CCCC(C)C)C(C)C. The van der Waals surface area contributed by atoms with Crippen molar-refractivity contribution in [1.82, 2.24) is 0 Å². The first kappa shape index (κ1) is 15.7. The van der Waals surface area contributed by atoms with Gasteiger partial charge in [-0.3, -0.25) is 0 Å². The van der Waals surface area contributed by atoms with Crippen LogP contribution in [0.1, 0.15) is 79.6 Å². The van der Waals surface area contributed by atoms with E-state index >= 15 is 0 Å². The fourth-order valence-corrected chi connectivity index (χ4v) is 1.98. The summed E-state index contributed by atoms with van der Waals surface area (Å²) < 4.78 is 0. The first-order chi connectivity index (χ1) is 7.57. The molecule has 0 unspecified atom stereocenters. The molecule has 0 amide bonds. The zero-order valence-corrected chi connectivity index (χ0v) is 12.2. The first-order valence-corrected chi connectivity index (χ1v) is 7.26. The molecular formula is C16H32. The third-order valence-electron chi connectivity index (χ3n) is 3.21. The molecule has 0 aliphatic carbocycles. The van der Waals surface area contributed by atoms with E-state index in [0.29, 0.717) is 0 Å². The van der Waals surface area contributed by atoms with Gasteiger partial charge in [0.2, 0.25) is 0 Å². The molecule has 0 bridgehead atoms. The van der Waals surface area contributed by atoms with Gasteiger partial charge in [0.15, 0.2) is 0 Å². The van der Waals surface area contributed by atoms with Crippen LogP contribution in [0.2, 0.25) is 0 Å². The van der Waals surface area contributed by atoms with Crippen LogP contribution in [-0.4, -0.2) is 0 Å². The highest BCUT2D eigenvalue weighted by Crippen LogP contribution is 2.20. The standard InChI is InChI=1S/C16H32/c1-6-7-8-9-12-16(15(4)5)13-10-11-14(2)3/h13-15H,6-12H2,1-5H3. The van der Waals surface area contributed by atoms with E-state index in [1.54, 1.807) is 5.57 Å². The van der Waals surface area contributed by atoms with Crippen molar-refractivity contribution in [2.45, 2.75) is 79.6 Å². The van der Waals surface area contributed by atoms with Crippen LogP contribution < -0.4 is 0 Å². The largest absolute Gasteiger partial charge is 0.0851 e. The second kappa shape index (κ2) is 9.93. The molecule has 0 spiro atoms. The highest BCUT2D eigenvalue weighted by molar-refractivity contribution is 5.04. The molecule has 0 radical (unpaired) electrons. The van der Waals surface area contributed by atoms with Gasteiger partial charge in [0.05, 0.1) is 0 Å². The van der Waals surface area contributed by atoms with E-state index in [0.717, 1.165) is 11.8 Å². The normalized spacial score (nSPS) is 12.8. The minimum absolute atomic E-state index is 0.744. The van der Waals surface area contributed by atoms with Crippen LogP contribution in [0.15, 0.2) is 11.6 Å². The van der Waals surface area contributed by atoms with Gasteiger partial charge in [-0.15, -0.1) is 0 Å². The highest BCUT2D eigenvalue weighted by Gasteiger charge is 2.03. The van der Waals surface area contributed by atoms with Crippen LogP contribution in [0, 0.1) is 11.8 Å². The van der Waals surface area contributed by atoms with Crippen LogP contribution in [0.5, 0.6) is 0 Å². The predicted molar refractivity (Wildman–Crippen MR) is 75.8 cm³/mol. The van der Waals surface area contributed by atoms with E-state index in [1.165, 1.54) is 44.9 Å². The lowest BCUT2D eigenvalue weighted by atomic mass is 9.94.